The molecule has 1 aromatic heterocycles. The minimum absolute atomic E-state index is 0.00218. The number of benzene rings is 1. The Balaban J connectivity index is 2.00. The summed E-state index contributed by atoms with van der Waals surface area (Å²) in [5.74, 6) is 0.439. The molecule has 4 heteroatoms. The molecule has 0 radical (unpaired) electrons. The van der Waals surface area contributed by atoms with Gasteiger partial charge in [0, 0.05) is 30.6 Å². The first-order chi connectivity index (χ1) is 10.8. The van der Waals surface area contributed by atoms with Crippen LogP contribution in [0.25, 0.3) is 11.0 Å². The molecule has 2 aromatic rings. The molecule has 1 amide bonds. The van der Waals surface area contributed by atoms with Crippen LogP contribution >= 0.6 is 0 Å². The molecule has 22 heavy (non-hydrogen) atoms. The van der Waals surface area contributed by atoms with E-state index < -0.39 is 0 Å². The number of para-hydroxylation sites is 1. The summed E-state index contributed by atoms with van der Waals surface area (Å²) in [5.41, 5.74) is 1.61. The Morgan fingerprint density at radius 2 is 2.05 bits per heavy atom. The Hall–Kier alpha value is -1.81. The zero-order valence-corrected chi connectivity index (χ0v) is 13.3. The van der Waals surface area contributed by atoms with E-state index in [1.54, 1.807) is 7.11 Å². The fourth-order valence-electron chi connectivity index (χ4n) is 3.47. The van der Waals surface area contributed by atoms with E-state index in [1.165, 1.54) is 12.8 Å². The largest absolute Gasteiger partial charge is 0.451 e. The van der Waals surface area contributed by atoms with Gasteiger partial charge in [-0.05, 0) is 25.8 Å². The lowest BCUT2D eigenvalue weighted by Gasteiger charge is -2.27. The molecule has 1 heterocycles. The predicted molar refractivity (Wildman–Crippen MR) is 85.9 cm³/mol. The van der Waals surface area contributed by atoms with E-state index in [2.05, 4.69) is 0 Å². The number of amides is 1. The zero-order chi connectivity index (χ0) is 15.5. The third-order valence-corrected chi connectivity index (χ3v) is 4.55. The van der Waals surface area contributed by atoms with Crippen LogP contribution in [0.5, 0.6) is 0 Å². The quantitative estimate of drug-likeness (QED) is 0.838. The van der Waals surface area contributed by atoms with E-state index in [9.17, 15) is 4.79 Å². The minimum atomic E-state index is -0.00218. The lowest BCUT2D eigenvalue weighted by Crippen LogP contribution is -2.38. The fraction of sp³-hybridized carbons (Fsp3) is 0.500. The number of ether oxygens (including phenoxy) is 1. The van der Waals surface area contributed by atoms with E-state index in [1.807, 2.05) is 36.1 Å². The van der Waals surface area contributed by atoms with Gasteiger partial charge in [0.25, 0.3) is 5.91 Å². The molecular formula is C18H23NO3. The fourth-order valence-corrected chi connectivity index (χ4v) is 3.47. The van der Waals surface area contributed by atoms with Gasteiger partial charge < -0.3 is 14.1 Å². The molecule has 4 nitrogen and oxygen atoms in total. The van der Waals surface area contributed by atoms with Crippen LogP contribution < -0.4 is 0 Å². The molecule has 0 unspecified atom stereocenters. The van der Waals surface area contributed by atoms with Crippen molar-refractivity contribution in [2.75, 3.05) is 13.7 Å². The topological polar surface area (TPSA) is 42.7 Å². The Morgan fingerprint density at radius 1 is 1.32 bits per heavy atom. The van der Waals surface area contributed by atoms with Crippen molar-refractivity contribution in [2.45, 2.75) is 45.3 Å². The third-order valence-electron chi connectivity index (χ3n) is 4.55. The monoisotopic (exact) mass is 301 g/mol. The Labute approximate surface area is 131 Å². The molecule has 1 aromatic carbocycles. The van der Waals surface area contributed by atoms with E-state index >= 15 is 0 Å². The zero-order valence-electron chi connectivity index (χ0n) is 13.3. The van der Waals surface area contributed by atoms with Gasteiger partial charge in [-0.25, -0.2) is 0 Å². The number of carbonyl (C=O) groups is 1. The second kappa shape index (κ2) is 6.53. The number of methoxy groups -OCH3 is 1. The van der Waals surface area contributed by atoms with Crippen LogP contribution in [0.4, 0.5) is 0 Å². The number of carbonyl (C=O) groups excluding carboxylic acids is 1. The summed E-state index contributed by atoms with van der Waals surface area (Å²) in [4.78, 5) is 15.0. The standard InChI is InChI=1S/C18H23NO3/c1-3-19(13-8-4-5-9-13)18(20)17-15(12-21-2)14-10-6-7-11-16(14)22-17/h6-7,10-11,13H,3-5,8-9,12H2,1-2H3. The van der Waals surface area contributed by atoms with Crippen molar-refractivity contribution < 1.29 is 13.9 Å². The molecule has 0 bridgehead atoms. The van der Waals surface area contributed by atoms with Gasteiger partial charge in [0.15, 0.2) is 5.76 Å². The van der Waals surface area contributed by atoms with Crippen LogP contribution in [-0.2, 0) is 11.3 Å². The lowest BCUT2D eigenvalue weighted by molar-refractivity contribution is 0.0657. The average Bonchev–Trinajstić information content (AvgIpc) is 3.17. The number of nitrogens with zero attached hydrogens (tertiary/aromatic N) is 1. The molecule has 1 fully saturated rings. The van der Waals surface area contributed by atoms with Gasteiger partial charge in [0.05, 0.1) is 6.61 Å². The molecule has 1 aliphatic carbocycles. The van der Waals surface area contributed by atoms with Crippen LogP contribution in [0, 0.1) is 0 Å². The predicted octanol–water partition coefficient (Wildman–Crippen LogP) is 3.98. The van der Waals surface area contributed by atoms with Crippen molar-refractivity contribution in [3.05, 3.63) is 35.6 Å². The highest BCUT2D eigenvalue weighted by atomic mass is 16.5. The molecule has 0 saturated heterocycles. The average molecular weight is 301 g/mol. The summed E-state index contributed by atoms with van der Waals surface area (Å²) in [7, 11) is 1.64. The van der Waals surface area contributed by atoms with Crippen molar-refractivity contribution in [3.8, 4) is 0 Å². The van der Waals surface area contributed by atoms with Gasteiger partial charge in [-0.15, -0.1) is 0 Å². The van der Waals surface area contributed by atoms with Crippen molar-refractivity contribution >= 4 is 16.9 Å². The van der Waals surface area contributed by atoms with Gasteiger partial charge in [-0.3, -0.25) is 4.79 Å². The molecule has 1 saturated carbocycles. The molecule has 0 N–H and O–H groups in total. The SMILES string of the molecule is CCN(C(=O)c1oc2ccccc2c1COC)C1CCCC1. The van der Waals surface area contributed by atoms with Crippen molar-refractivity contribution in [3.63, 3.8) is 0 Å². The summed E-state index contributed by atoms with van der Waals surface area (Å²) >= 11 is 0. The van der Waals surface area contributed by atoms with E-state index in [-0.39, 0.29) is 5.91 Å². The smallest absolute Gasteiger partial charge is 0.290 e. The normalized spacial score (nSPS) is 15.5. The second-order valence-corrected chi connectivity index (χ2v) is 5.87. The van der Waals surface area contributed by atoms with Crippen LogP contribution in [0.3, 0.4) is 0 Å². The summed E-state index contributed by atoms with van der Waals surface area (Å²) in [6, 6.07) is 8.11. The summed E-state index contributed by atoms with van der Waals surface area (Å²) in [5, 5.41) is 0.968. The number of hydrogen-bond donors (Lipinski definition) is 0. The number of fused-ring (bicyclic) bond motifs is 1. The molecular weight excluding hydrogens is 278 g/mol. The van der Waals surface area contributed by atoms with Crippen LogP contribution in [0.1, 0.15) is 48.7 Å². The molecule has 0 atom stereocenters. The van der Waals surface area contributed by atoms with Gasteiger partial charge in [0.1, 0.15) is 5.58 Å². The third kappa shape index (κ3) is 2.63. The van der Waals surface area contributed by atoms with Crippen LogP contribution in [0.2, 0.25) is 0 Å². The van der Waals surface area contributed by atoms with Gasteiger partial charge in [0.2, 0.25) is 0 Å². The summed E-state index contributed by atoms with van der Waals surface area (Å²) < 4.78 is 11.2. The van der Waals surface area contributed by atoms with Crippen molar-refractivity contribution in [1.29, 1.82) is 0 Å². The first-order valence-electron chi connectivity index (χ1n) is 8.06. The maximum Gasteiger partial charge on any atom is 0.290 e. The van der Waals surface area contributed by atoms with Gasteiger partial charge in [-0.2, -0.15) is 0 Å². The molecule has 118 valence electrons. The number of furan rings is 1. The van der Waals surface area contributed by atoms with E-state index in [0.29, 0.717) is 25.0 Å². The van der Waals surface area contributed by atoms with Crippen LogP contribution in [-0.4, -0.2) is 30.5 Å². The first-order valence-corrected chi connectivity index (χ1v) is 8.06. The Bertz CT molecular complexity index is 655. The van der Waals surface area contributed by atoms with E-state index in [4.69, 9.17) is 9.15 Å². The van der Waals surface area contributed by atoms with Crippen molar-refractivity contribution in [1.82, 2.24) is 4.90 Å². The number of hydrogen-bond acceptors (Lipinski definition) is 3. The molecule has 1 aliphatic rings. The Kier molecular flexibility index (Phi) is 4.48. The molecule has 3 rings (SSSR count). The Morgan fingerprint density at radius 3 is 2.73 bits per heavy atom. The second-order valence-electron chi connectivity index (χ2n) is 5.87. The van der Waals surface area contributed by atoms with Gasteiger partial charge in [-0.1, -0.05) is 31.0 Å². The van der Waals surface area contributed by atoms with Crippen molar-refractivity contribution in [2.24, 2.45) is 0 Å². The highest BCUT2D eigenvalue weighted by Crippen LogP contribution is 2.30. The maximum absolute atomic E-state index is 13.0. The highest BCUT2D eigenvalue weighted by molar-refractivity contribution is 5.99. The number of rotatable bonds is 5. The minimum Gasteiger partial charge on any atom is -0.451 e. The summed E-state index contributed by atoms with van der Waals surface area (Å²) in [6.45, 7) is 3.14. The lowest BCUT2D eigenvalue weighted by atomic mass is 10.1. The summed E-state index contributed by atoms with van der Waals surface area (Å²) in [6.07, 6.45) is 4.61. The van der Waals surface area contributed by atoms with Gasteiger partial charge >= 0.3 is 0 Å². The maximum atomic E-state index is 13.0. The molecule has 0 spiro atoms. The molecule has 0 aliphatic heterocycles. The van der Waals surface area contributed by atoms with Crippen LogP contribution in [0.15, 0.2) is 28.7 Å². The first kappa shape index (κ1) is 15.1. The highest BCUT2D eigenvalue weighted by Gasteiger charge is 2.30. The van der Waals surface area contributed by atoms with E-state index in [0.717, 1.165) is 29.4 Å².